The summed E-state index contributed by atoms with van der Waals surface area (Å²) < 4.78 is 10.7. The third kappa shape index (κ3) is 3.68. The molecule has 1 atom stereocenters. The molecule has 1 aliphatic heterocycles. The van der Waals surface area contributed by atoms with E-state index in [1.54, 1.807) is 6.92 Å². The van der Waals surface area contributed by atoms with Crippen LogP contribution in [0.4, 0.5) is 11.6 Å². The van der Waals surface area contributed by atoms with Gasteiger partial charge in [-0.15, -0.1) is 0 Å². The molecular weight excluding hydrogens is 370 g/mol. The maximum absolute atomic E-state index is 12.4. The number of hydrogen-bond donors (Lipinski definition) is 2. The van der Waals surface area contributed by atoms with Gasteiger partial charge in [0.1, 0.15) is 11.9 Å². The van der Waals surface area contributed by atoms with Crippen LogP contribution in [-0.2, 0) is 19.1 Å². The van der Waals surface area contributed by atoms with Crippen LogP contribution in [0.25, 0.3) is 0 Å². The zero-order valence-corrected chi connectivity index (χ0v) is 15.3. The normalized spacial score (nSPS) is 14.8. The van der Waals surface area contributed by atoms with Gasteiger partial charge in [0.2, 0.25) is 11.9 Å². The molecule has 2 aromatic rings. The lowest BCUT2D eigenvalue weighted by atomic mass is 10.1. The molecule has 0 saturated carbocycles. The Balaban J connectivity index is 1.80. The SMILES string of the molecule is COC(=O)c1cc(NC(=O)C[C@@H]2C(=O)Nc3nc(C)nn32)cc(C(=O)OC)c1. The first kappa shape index (κ1) is 19.0. The number of benzene rings is 1. The number of esters is 2. The van der Waals surface area contributed by atoms with E-state index in [-0.39, 0.29) is 29.2 Å². The highest BCUT2D eigenvalue weighted by molar-refractivity contribution is 6.02. The number of ether oxygens (including phenoxy) is 2. The summed E-state index contributed by atoms with van der Waals surface area (Å²) in [5.74, 6) is -1.53. The van der Waals surface area contributed by atoms with Crippen molar-refractivity contribution in [2.75, 3.05) is 24.9 Å². The Kier molecular flexibility index (Phi) is 5.07. The first-order valence-corrected chi connectivity index (χ1v) is 8.18. The standard InChI is InChI=1S/C17H17N5O6/c1-8-18-17-20-14(24)12(22(17)21-8)7-13(23)19-11-5-9(15(25)27-2)4-10(6-11)16(26)28-3/h4-6,12H,7H2,1-3H3,(H,19,23)(H,18,20,21,24)/t12-/m1/s1. The molecule has 0 radical (unpaired) electrons. The summed E-state index contributed by atoms with van der Waals surface area (Å²) in [6, 6.07) is 3.16. The number of carbonyl (C=O) groups is 4. The Morgan fingerprint density at radius 2 is 1.75 bits per heavy atom. The molecule has 2 amide bonds. The molecule has 11 heteroatoms. The molecule has 1 aromatic carbocycles. The van der Waals surface area contributed by atoms with E-state index in [1.165, 1.54) is 37.1 Å². The highest BCUT2D eigenvalue weighted by atomic mass is 16.5. The molecule has 0 aliphatic carbocycles. The van der Waals surface area contributed by atoms with E-state index in [0.29, 0.717) is 5.82 Å². The highest BCUT2D eigenvalue weighted by Gasteiger charge is 2.34. The lowest BCUT2D eigenvalue weighted by Gasteiger charge is -2.12. The van der Waals surface area contributed by atoms with E-state index in [1.807, 2.05) is 0 Å². The Morgan fingerprint density at radius 1 is 1.14 bits per heavy atom. The van der Waals surface area contributed by atoms with Crippen LogP contribution in [0.5, 0.6) is 0 Å². The van der Waals surface area contributed by atoms with Gasteiger partial charge < -0.3 is 14.8 Å². The van der Waals surface area contributed by atoms with Crippen molar-refractivity contribution >= 4 is 35.4 Å². The van der Waals surface area contributed by atoms with Crippen LogP contribution in [-0.4, -0.2) is 52.7 Å². The number of rotatable bonds is 5. The second-order valence-corrected chi connectivity index (χ2v) is 5.97. The third-order valence-corrected chi connectivity index (χ3v) is 4.01. The van der Waals surface area contributed by atoms with E-state index in [4.69, 9.17) is 0 Å². The van der Waals surface area contributed by atoms with Gasteiger partial charge in [0.05, 0.1) is 31.8 Å². The van der Waals surface area contributed by atoms with Gasteiger partial charge in [-0.2, -0.15) is 10.1 Å². The summed E-state index contributed by atoms with van der Waals surface area (Å²) in [4.78, 5) is 52.2. The molecule has 2 heterocycles. The molecule has 0 spiro atoms. The first-order valence-electron chi connectivity index (χ1n) is 8.18. The summed E-state index contributed by atoms with van der Waals surface area (Å²) >= 11 is 0. The Morgan fingerprint density at radius 3 is 2.32 bits per heavy atom. The van der Waals surface area contributed by atoms with Crippen molar-refractivity contribution in [3.63, 3.8) is 0 Å². The topological polar surface area (TPSA) is 142 Å². The minimum absolute atomic E-state index is 0.0634. The zero-order valence-electron chi connectivity index (χ0n) is 15.3. The number of fused-ring (bicyclic) bond motifs is 1. The largest absolute Gasteiger partial charge is 0.465 e. The predicted molar refractivity (Wildman–Crippen MR) is 94.8 cm³/mol. The molecule has 3 rings (SSSR count). The second-order valence-electron chi connectivity index (χ2n) is 5.97. The van der Waals surface area contributed by atoms with E-state index >= 15 is 0 Å². The smallest absolute Gasteiger partial charge is 0.337 e. The molecule has 0 bridgehead atoms. The van der Waals surface area contributed by atoms with Crippen LogP contribution >= 0.6 is 0 Å². The molecule has 146 valence electrons. The van der Waals surface area contributed by atoms with Crippen molar-refractivity contribution in [2.45, 2.75) is 19.4 Å². The number of amides is 2. The minimum Gasteiger partial charge on any atom is -0.465 e. The van der Waals surface area contributed by atoms with Crippen molar-refractivity contribution in [2.24, 2.45) is 0 Å². The molecule has 0 saturated heterocycles. The van der Waals surface area contributed by atoms with Crippen LogP contribution in [0.3, 0.4) is 0 Å². The first-order chi connectivity index (χ1) is 13.3. The van der Waals surface area contributed by atoms with Gasteiger partial charge >= 0.3 is 11.9 Å². The van der Waals surface area contributed by atoms with Gasteiger partial charge in [0.15, 0.2) is 0 Å². The van der Waals surface area contributed by atoms with E-state index in [2.05, 4.69) is 30.2 Å². The van der Waals surface area contributed by atoms with Crippen LogP contribution in [0.1, 0.15) is 39.0 Å². The van der Waals surface area contributed by atoms with Gasteiger partial charge in [-0.3, -0.25) is 14.9 Å². The molecule has 0 fully saturated rings. The number of aromatic nitrogens is 3. The summed E-state index contributed by atoms with van der Waals surface area (Å²) in [6.45, 7) is 1.67. The van der Waals surface area contributed by atoms with Crippen LogP contribution in [0, 0.1) is 6.92 Å². The third-order valence-electron chi connectivity index (χ3n) is 4.01. The monoisotopic (exact) mass is 387 g/mol. The van der Waals surface area contributed by atoms with Gasteiger partial charge in [-0.25, -0.2) is 14.3 Å². The molecule has 11 nitrogen and oxygen atoms in total. The summed E-state index contributed by atoms with van der Waals surface area (Å²) in [5.41, 5.74) is 0.309. The lowest BCUT2D eigenvalue weighted by molar-refractivity contribution is -0.123. The van der Waals surface area contributed by atoms with Gasteiger partial charge in [-0.1, -0.05) is 0 Å². The number of aryl methyl sites for hydroxylation is 1. The summed E-state index contributed by atoms with van der Waals surface area (Å²) in [7, 11) is 2.39. The second kappa shape index (κ2) is 7.47. The minimum atomic E-state index is -0.847. The average Bonchev–Trinajstić information content (AvgIpc) is 3.16. The van der Waals surface area contributed by atoms with E-state index in [0.717, 1.165) is 0 Å². The van der Waals surface area contributed by atoms with Crippen LogP contribution in [0.2, 0.25) is 0 Å². The number of anilines is 2. The van der Waals surface area contributed by atoms with Crippen molar-refractivity contribution in [3.05, 3.63) is 35.2 Å². The molecule has 28 heavy (non-hydrogen) atoms. The fraction of sp³-hybridized carbons (Fsp3) is 0.294. The number of nitrogens with one attached hydrogen (secondary N) is 2. The summed E-state index contributed by atoms with van der Waals surface area (Å²) in [5, 5.41) is 9.22. The molecule has 2 N–H and O–H groups in total. The predicted octanol–water partition coefficient (Wildman–Crippen LogP) is 0.682. The van der Waals surface area contributed by atoms with E-state index < -0.39 is 29.8 Å². The van der Waals surface area contributed by atoms with Crippen LogP contribution in [0.15, 0.2) is 18.2 Å². The van der Waals surface area contributed by atoms with Crippen molar-refractivity contribution in [1.29, 1.82) is 0 Å². The van der Waals surface area contributed by atoms with Crippen molar-refractivity contribution in [1.82, 2.24) is 14.8 Å². The van der Waals surface area contributed by atoms with E-state index in [9.17, 15) is 19.2 Å². The Labute approximate surface area is 159 Å². The Bertz CT molecular complexity index is 948. The number of hydrogen-bond acceptors (Lipinski definition) is 8. The zero-order chi connectivity index (χ0) is 20.4. The van der Waals surface area contributed by atoms with Crippen molar-refractivity contribution in [3.8, 4) is 0 Å². The van der Waals surface area contributed by atoms with Gasteiger partial charge in [-0.05, 0) is 25.1 Å². The average molecular weight is 387 g/mol. The lowest BCUT2D eigenvalue weighted by Crippen LogP contribution is -2.24. The fourth-order valence-corrected chi connectivity index (χ4v) is 2.78. The molecular formula is C17H17N5O6. The van der Waals surface area contributed by atoms with Crippen molar-refractivity contribution < 1.29 is 28.7 Å². The maximum atomic E-state index is 12.4. The number of carbonyl (C=O) groups excluding carboxylic acids is 4. The van der Waals surface area contributed by atoms with Crippen LogP contribution < -0.4 is 10.6 Å². The number of methoxy groups -OCH3 is 2. The summed E-state index contributed by atoms with van der Waals surface area (Å²) in [6.07, 6.45) is -0.211. The maximum Gasteiger partial charge on any atom is 0.337 e. The molecule has 1 aromatic heterocycles. The Hall–Kier alpha value is -3.76. The van der Waals surface area contributed by atoms with Gasteiger partial charge in [0, 0.05) is 5.69 Å². The molecule has 1 aliphatic rings. The quantitative estimate of drug-likeness (QED) is 0.714. The van der Waals surface area contributed by atoms with Gasteiger partial charge in [0.25, 0.3) is 5.91 Å². The fourth-order valence-electron chi connectivity index (χ4n) is 2.78. The molecule has 0 unspecified atom stereocenters. The number of nitrogens with zero attached hydrogens (tertiary/aromatic N) is 3. The highest BCUT2D eigenvalue weighted by Crippen LogP contribution is 2.25.